The lowest BCUT2D eigenvalue weighted by atomic mass is 10.1. The first-order valence-electron chi connectivity index (χ1n) is 11.3. The lowest BCUT2D eigenvalue weighted by Crippen LogP contribution is -2.45. The summed E-state index contributed by atoms with van der Waals surface area (Å²) in [4.78, 5) is 30.0. The lowest BCUT2D eigenvalue weighted by Gasteiger charge is -2.30. The van der Waals surface area contributed by atoms with Crippen molar-refractivity contribution >= 4 is 11.8 Å². The molecular weight excluding hydrogens is 451 g/mol. The molecule has 8 heteroatoms. The van der Waals surface area contributed by atoms with E-state index in [1.165, 1.54) is 31.3 Å². The minimum Gasteiger partial charge on any atom is -0.497 e. The average Bonchev–Trinajstić information content (AvgIpc) is 3.26. The number of amides is 2. The first-order chi connectivity index (χ1) is 16.7. The molecule has 2 aromatic carbocycles. The Morgan fingerprint density at radius 1 is 0.971 bits per heavy atom. The standard InChI is InChI=1S/C27H31FN2O5/c1-18(2)30(27(32)24-13-12-22(33-4)14-25(24)34-5)17-26(31)29(16-23-11-6-19(3)35-23)15-20-7-9-21(28)10-8-20/h6-14,18H,15-17H2,1-5H3. The van der Waals surface area contributed by atoms with Crippen molar-refractivity contribution in [3.05, 3.63) is 83.1 Å². The molecule has 0 atom stereocenters. The van der Waals surface area contributed by atoms with Crippen LogP contribution in [0.5, 0.6) is 11.5 Å². The number of halogens is 1. The fourth-order valence-electron chi connectivity index (χ4n) is 3.67. The number of rotatable bonds is 10. The molecule has 186 valence electrons. The zero-order valence-corrected chi connectivity index (χ0v) is 20.7. The van der Waals surface area contributed by atoms with Crippen LogP contribution in [0.15, 0.2) is 59.0 Å². The van der Waals surface area contributed by atoms with Crippen molar-refractivity contribution in [2.45, 2.75) is 39.9 Å². The van der Waals surface area contributed by atoms with E-state index in [-0.39, 0.29) is 43.3 Å². The van der Waals surface area contributed by atoms with Gasteiger partial charge in [0, 0.05) is 18.7 Å². The van der Waals surface area contributed by atoms with E-state index in [1.807, 2.05) is 32.9 Å². The van der Waals surface area contributed by atoms with E-state index in [9.17, 15) is 14.0 Å². The molecule has 3 rings (SSSR count). The van der Waals surface area contributed by atoms with Gasteiger partial charge in [-0.15, -0.1) is 0 Å². The smallest absolute Gasteiger partial charge is 0.258 e. The third-order valence-corrected chi connectivity index (χ3v) is 5.61. The number of methoxy groups -OCH3 is 2. The quantitative estimate of drug-likeness (QED) is 0.414. The zero-order valence-electron chi connectivity index (χ0n) is 20.7. The predicted octanol–water partition coefficient (Wildman–Crippen LogP) is 4.82. The van der Waals surface area contributed by atoms with Gasteiger partial charge in [-0.25, -0.2) is 4.39 Å². The van der Waals surface area contributed by atoms with Crippen LogP contribution in [0.2, 0.25) is 0 Å². The zero-order chi connectivity index (χ0) is 25.5. The molecule has 0 N–H and O–H groups in total. The number of hydrogen-bond acceptors (Lipinski definition) is 5. The van der Waals surface area contributed by atoms with Crippen molar-refractivity contribution in [1.29, 1.82) is 0 Å². The van der Waals surface area contributed by atoms with Crippen molar-refractivity contribution in [2.24, 2.45) is 0 Å². The number of aryl methyl sites for hydroxylation is 1. The molecule has 0 fully saturated rings. The number of benzene rings is 2. The van der Waals surface area contributed by atoms with Gasteiger partial charge in [0.1, 0.15) is 35.4 Å². The van der Waals surface area contributed by atoms with Gasteiger partial charge in [0.15, 0.2) is 0 Å². The summed E-state index contributed by atoms with van der Waals surface area (Å²) in [7, 11) is 3.01. The third kappa shape index (κ3) is 6.62. The maximum absolute atomic E-state index is 13.5. The first-order valence-corrected chi connectivity index (χ1v) is 11.3. The number of furan rings is 1. The van der Waals surface area contributed by atoms with Crippen molar-refractivity contribution in [1.82, 2.24) is 9.80 Å². The lowest BCUT2D eigenvalue weighted by molar-refractivity contribution is -0.133. The topological polar surface area (TPSA) is 72.2 Å². The van der Waals surface area contributed by atoms with Crippen LogP contribution in [0, 0.1) is 12.7 Å². The van der Waals surface area contributed by atoms with Crippen molar-refractivity contribution in [3.8, 4) is 11.5 Å². The fourth-order valence-corrected chi connectivity index (χ4v) is 3.67. The van der Waals surface area contributed by atoms with Gasteiger partial charge in [-0.05, 0) is 62.7 Å². The number of hydrogen-bond donors (Lipinski definition) is 0. The van der Waals surface area contributed by atoms with Crippen LogP contribution >= 0.6 is 0 Å². The Morgan fingerprint density at radius 3 is 2.26 bits per heavy atom. The SMILES string of the molecule is COc1ccc(C(=O)N(CC(=O)N(Cc2ccc(F)cc2)Cc2ccc(C)o2)C(C)C)c(OC)c1. The van der Waals surface area contributed by atoms with E-state index in [1.54, 1.807) is 35.2 Å². The highest BCUT2D eigenvalue weighted by molar-refractivity contribution is 5.99. The Hall–Kier alpha value is -3.81. The van der Waals surface area contributed by atoms with E-state index in [4.69, 9.17) is 13.9 Å². The average molecular weight is 483 g/mol. The van der Waals surface area contributed by atoms with E-state index in [2.05, 4.69) is 0 Å². The highest BCUT2D eigenvalue weighted by atomic mass is 19.1. The molecule has 2 amide bonds. The molecular formula is C27H31FN2O5. The van der Waals surface area contributed by atoms with Crippen molar-refractivity contribution < 1.29 is 27.9 Å². The van der Waals surface area contributed by atoms with Gasteiger partial charge in [-0.1, -0.05) is 12.1 Å². The Balaban J connectivity index is 1.85. The molecule has 3 aromatic rings. The molecule has 35 heavy (non-hydrogen) atoms. The third-order valence-electron chi connectivity index (χ3n) is 5.61. The fraction of sp³-hybridized carbons (Fsp3) is 0.333. The molecule has 0 saturated carbocycles. The van der Waals surface area contributed by atoms with E-state index >= 15 is 0 Å². The monoisotopic (exact) mass is 482 g/mol. The summed E-state index contributed by atoms with van der Waals surface area (Å²) >= 11 is 0. The summed E-state index contributed by atoms with van der Waals surface area (Å²) in [6.07, 6.45) is 0. The summed E-state index contributed by atoms with van der Waals surface area (Å²) in [5.41, 5.74) is 1.10. The second kappa shape index (κ2) is 11.6. The maximum Gasteiger partial charge on any atom is 0.258 e. The van der Waals surface area contributed by atoms with Crippen LogP contribution < -0.4 is 9.47 Å². The van der Waals surface area contributed by atoms with Crippen LogP contribution in [0.4, 0.5) is 4.39 Å². The van der Waals surface area contributed by atoms with Crippen LogP contribution in [-0.2, 0) is 17.9 Å². The normalized spacial score (nSPS) is 10.8. The molecule has 0 saturated heterocycles. The molecule has 0 aliphatic carbocycles. The summed E-state index contributed by atoms with van der Waals surface area (Å²) in [6, 6.07) is 14.3. The highest BCUT2D eigenvalue weighted by Gasteiger charge is 2.27. The first kappa shape index (κ1) is 25.8. The van der Waals surface area contributed by atoms with Crippen molar-refractivity contribution in [2.75, 3.05) is 20.8 Å². The molecule has 0 aliphatic rings. The number of carbonyl (C=O) groups is 2. The Labute approximate surface area is 205 Å². The second-order valence-electron chi connectivity index (χ2n) is 8.48. The largest absolute Gasteiger partial charge is 0.497 e. The van der Waals surface area contributed by atoms with Gasteiger partial charge in [-0.2, -0.15) is 0 Å². The van der Waals surface area contributed by atoms with Gasteiger partial charge >= 0.3 is 0 Å². The highest BCUT2D eigenvalue weighted by Crippen LogP contribution is 2.26. The van der Waals surface area contributed by atoms with Crippen molar-refractivity contribution in [3.63, 3.8) is 0 Å². The summed E-state index contributed by atoms with van der Waals surface area (Å²) < 4.78 is 29.7. The summed E-state index contributed by atoms with van der Waals surface area (Å²) in [6.45, 7) is 5.84. The van der Waals surface area contributed by atoms with Crippen LogP contribution in [0.25, 0.3) is 0 Å². The molecule has 0 spiro atoms. The maximum atomic E-state index is 13.5. The molecule has 0 bridgehead atoms. The molecule has 0 unspecified atom stereocenters. The van der Waals surface area contributed by atoms with E-state index in [0.29, 0.717) is 22.8 Å². The molecule has 7 nitrogen and oxygen atoms in total. The van der Waals surface area contributed by atoms with Gasteiger partial charge < -0.3 is 23.7 Å². The molecule has 0 radical (unpaired) electrons. The van der Waals surface area contributed by atoms with Gasteiger partial charge in [0.2, 0.25) is 5.91 Å². The molecule has 0 aliphatic heterocycles. The number of ether oxygens (including phenoxy) is 2. The predicted molar refractivity (Wildman–Crippen MR) is 130 cm³/mol. The summed E-state index contributed by atoms with van der Waals surface area (Å²) in [5, 5.41) is 0. The molecule has 1 heterocycles. The van der Waals surface area contributed by atoms with E-state index < -0.39 is 0 Å². The van der Waals surface area contributed by atoms with Gasteiger partial charge in [-0.3, -0.25) is 9.59 Å². The van der Waals surface area contributed by atoms with Crippen LogP contribution in [0.1, 0.15) is 41.3 Å². The molecule has 1 aromatic heterocycles. The Bertz CT molecular complexity index is 1160. The minimum atomic E-state index is -0.349. The number of nitrogens with zero attached hydrogens (tertiary/aromatic N) is 2. The second-order valence-corrected chi connectivity index (χ2v) is 8.48. The summed E-state index contributed by atoms with van der Waals surface area (Å²) in [5.74, 6) is 1.34. The van der Waals surface area contributed by atoms with Crippen LogP contribution in [0.3, 0.4) is 0 Å². The minimum absolute atomic E-state index is 0.146. The Kier molecular flexibility index (Phi) is 8.52. The number of carbonyl (C=O) groups excluding carboxylic acids is 2. The van der Waals surface area contributed by atoms with E-state index in [0.717, 1.165) is 11.3 Å². The van der Waals surface area contributed by atoms with Gasteiger partial charge in [0.05, 0.1) is 26.3 Å². The van der Waals surface area contributed by atoms with Crippen LogP contribution in [-0.4, -0.2) is 48.4 Å². The van der Waals surface area contributed by atoms with Gasteiger partial charge in [0.25, 0.3) is 5.91 Å². The Morgan fingerprint density at radius 2 is 1.69 bits per heavy atom.